The van der Waals surface area contributed by atoms with E-state index in [0.29, 0.717) is 0 Å². The highest BCUT2D eigenvalue weighted by Gasteiger charge is 2.01. The predicted octanol–water partition coefficient (Wildman–Crippen LogP) is 3.16. The first-order valence-corrected chi connectivity index (χ1v) is 8.15. The number of halogens is 2. The second kappa shape index (κ2) is 10.5. The number of rotatable bonds is 6. The second-order valence-corrected chi connectivity index (χ2v) is 5.97. The van der Waals surface area contributed by atoms with E-state index in [0.717, 1.165) is 48.2 Å². The summed E-state index contributed by atoms with van der Waals surface area (Å²) in [6.07, 6.45) is 1.70. The third kappa shape index (κ3) is 7.26. The third-order valence-electron chi connectivity index (χ3n) is 3.18. The van der Waals surface area contributed by atoms with Gasteiger partial charge in [0.15, 0.2) is 5.96 Å². The fourth-order valence-corrected chi connectivity index (χ4v) is 2.68. The summed E-state index contributed by atoms with van der Waals surface area (Å²) < 4.78 is 12.8. The quantitative estimate of drug-likeness (QED) is 0.406. The van der Waals surface area contributed by atoms with Gasteiger partial charge >= 0.3 is 0 Å². The van der Waals surface area contributed by atoms with Crippen LogP contribution in [-0.2, 0) is 12.8 Å². The van der Waals surface area contributed by atoms with Gasteiger partial charge < -0.3 is 10.6 Å². The monoisotopic (exact) mass is 448 g/mol. The zero-order chi connectivity index (χ0) is 15.8. The summed E-state index contributed by atoms with van der Waals surface area (Å²) in [7, 11) is 1.75. The second-order valence-electron chi connectivity index (χ2n) is 4.91. The first-order valence-electron chi connectivity index (χ1n) is 7.27. The predicted molar refractivity (Wildman–Crippen MR) is 105 cm³/mol. The number of hydrogen-bond donors (Lipinski definition) is 2. The van der Waals surface area contributed by atoms with E-state index in [1.165, 1.54) is 12.1 Å². The molecule has 1 aromatic carbocycles. The van der Waals surface area contributed by atoms with Crippen molar-refractivity contribution >= 4 is 41.3 Å². The molecule has 2 N–H and O–H groups in total. The Bertz CT molecular complexity index is 613. The molecule has 4 nitrogen and oxygen atoms in total. The van der Waals surface area contributed by atoms with Gasteiger partial charge in [-0.2, -0.15) is 0 Å². The lowest BCUT2D eigenvalue weighted by Gasteiger charge is -2.11. The minimum absolute atomic E-state index is 0. The van der Waals surface area contributed by atoms with Crippen molar-refractivity contribution in [1.82, 2.24) is 15.6 Å². The number of aromatic nitrogens is 1. The van der Waals surface area contributed by atoms with Crippen molar-refractivity contribution in [2.75, 3.05) is 20.1 Å². The van der Waals surface area contributed by atoms with Crippen LogP contribution in [0.3, 0.4) is 0 Å². The summed E-state index contributed by atoms with van der Waals surface area (Å²) in [6.45, 7) is 3.55. The highest BCUT2D eigenvalue weighted by molar-refractivity contribution is 14.0. The van der Waals surface area contributed by atoms with Crippen molar-refractivity contribution in [2.24, 2.45) is 4.99 Å². The molecule has 0 fully saturated rings. The summed E-state index contributed by atoms with van der Waals surface area (Å²) in [5.74, 6) is 0.570. The fourth-order valence-electron chi connectivity index (χ4n) is 2.03. The molecule has 23 heavy (non-hydrogen) atoms. The molecular formula is C16H22FIN4S. The third-order valence-corrected chi connectivity index (χ3v) is 4.01. The topological polar surface area (TPSA) is 49.3 Å². The van der Waals surface area contributed by atoms with E-state index in [2.05, 4.69) is 26.0 Å². The van der Waals surface area contributed by atoms with Crippen molar-refractivity contribution in [3.8, 4) is 0 Å². The van der Waals surface area contributed by atoms with Crippen LogP contribution < -0.4 is 10.6 Å². The normalized spacial score (nSPS) is 11.0. The SMILES string of the molecule is CN=C(NCCc1ccc(F)cc1)NCCc1csc(C)n1.I. The van der Waals surface area contributed by atoms with E-state index in [-0.39, 0.29) is 29.8 Å². The van der Waals surface area contributed by atoms with Crippen LogP contribution in [0, 0.1) is 12.7 Å². The molecular weight excluding hydrogens is 426 g/mol. The molecule has 0 amide bonds. The van der Waals surface area contributed by atoms with Gasteiger partial charge in [-0.1, -0.05) is 12.1 Å². The molecule has 0 atom stereocenters. The number of nitrogens with zero attached hydrogens (tertiary/aromatic N) is 2. The zero-order valence-corrected chi connectivity index (χ0v) is 16.5. The molecule has 0 aliphatic heterocycles. The molecule has 0 saturated heterocycles. The van der Waals surface area contributed by atoms with Gasteiger partial charge in [0.25, 0.3) is 0 Å². The maximum Gasteiger partial charge on any atom is 0.190 e. The van der Waals surface area contributed by atoms with Gasteiger partial charge in [0.2, 0.25) is 0 Å². The number of nitrogens with one attached hydrogen (secondary N) is 2. The molecule has 0 unspecified atom stereocenters. The van der Waals surface area contributed by atoms with Gasteiger partial charge in [0.05, 0.1) is 10.7 Å². The summed E-state index contributed by atoms with van der Waals surface area (Å²) in [5, 5.41) is 9.70. The lowest BCUT2D eigenvalue weighted by Crippen LogP contribution is -2.39. The van der Waals surface area contributed by atoms with E-state index < -0.39 is 0 Å². The minimum Gasteiger partial charge on any atom is -0.356 e. The summed E-state index contributed by atoms with van der Waals surface area (Å²) >= 11 is 1.67. The van der Waals surface area contributed by atoms with Crippen molar-refractivity contribution in [3.63, 3.8) is 0 Å². The first-order chi connectivity index (χ1) is 10.7. The Hall–Kier alpha value is -1.22. The minimum atomic E-state index is -0.202. The van der Waals surface area contributed by atoms with Crippen LogP contribution in [0.1, 0.15) is 16.3 Å². The molecule has 2 rings (SSSR count). The molecule has 0 bridgehead atoms. The van der Waals surface area contributed by atoms with Crippen molar-refractivity contribution < 1.29 is 4.39 Å². The van der Waals surface area contributed by atoms with E-state index >= 15 is 0 Å². The highest BCUT2D eigenvalue weighted by atomic mass is 127. The van der Waals surface area contributed by atoms with E-state index in [4.69, 9.17) is 0 Å². The van der Waals surface area contributed by atoms with Crippen LogP contribution in [0.5, 0.6) is 0 Å². The molecule has 1 heterocycles. The fraction of sp³-hybridized carbons (Fsp3) is 0.375. The maximum atomic E-state index is 12.8. The Morgan fingerprint density at radius 2 is 1.83 bits per heavy atom. The average molecular weight is 448 g/mol. The number of thiazole rings is 1. The molecule has 0 radical (unpaired) electrons. The maximum absolute atomic E-state index is 12.8. The Kier molecular flexibility index (Phi) is 9.08. The molecule has 2 aromatic rings. The molecule has 7 heteroatoms. The summed E-state index contributed by atoms with van der Waals surface area (Å²) in [5.41, 5.74) is 2.21. The Balaban J connectivity index is 0.00000264. The summed E-state index contributed by atoms with van der Waals surface area (Å²) in [4.78, 5) is 8.62. The van der Waals surface area contributed by atoms with Gasteiger partial charge in [0.1, 0.15) is 5.82 Å². The van der Waals surface area contributed by atoms with Gasteiger partial charge in [-0.25, -0.2) is 9.37 Å². The van der Waals surface area contributed by atoms with E-state index in [1.54, 1.807) is 30.5 Å². The van der Waals surface area contributed by atoms with Crippen LogP contribution in [0.15, 0.2) is 34.6 Å². The number of guanidine groups is 1. The van der Waals surface area contributed by atoms with Gasteiger partial charge in [-0.05, 0) is 31.0 Å². The summed E-state index contributed by atoms with van der Waals surface area (Å²) in [6, 6.07) is 6.58. The van der Waals surface area contributed by atoms with Crippen LogP contribution >= 0.6 is 35.3 Å². The Labute approximate surface area is 157 Å². The van der Waals surface area contributed by atoms with Crippen molar-refractivity contribution in [2.45, 2.75) is 19.8 Å². The van der Waals surface area contributed by atoms with Gasteiger partial charge in [-0.3, -0.25) is 4.99 Å². The number of hydrogen-bond acceptors (Lipinski definition) is 3. The Morgan fingerprint density at radius 3 is 2.39 bits per heavy atom. The number of aryl methyl sites for hydroxylation is 1. The molecule has 126 valence electrons. The van der Waals surface area contributed by atoms with Crippen LogP contribution in [-0.4, -0.2) is 31.1 Å². The standard InChI is InChI=1S/C16H21FN4S.HI/c1-12-21-15(11-22-12)8-10-20-16(18-2)19-9-7-13-3-5-14(17)6-4-13;/h3-6,11H,7-10H2,1-2H3,(H2,18,19,20);1H. The lowest BCUT2D eigenvalue weighted by molar-refractivity contribution is 0.626. The number of benzene rings is 1. The first kappa shape index (κ1) is 19.8. The van der Waals surface area contributed by atoms with Crippen LogP contribution in [0.25, 0.3) is 0 Å². The zero-order valence-electron chi connectivity index (χ0n) is 13.3. The smallest absolute Gasteiger partial charge is 0.190 e. The van der Waals surface area contributed by atoms with Crippen LogP contribution in [0.2, 0.25) is 0 Å². The van der Waals surface area contributed by atoms with Crippen molar-refractivity contribution in [3.05, 3.63) is 51.7 Å². The largest absolute Gasteiger partial charge is 0.356 e. The number of aliphatic imine (C=N–C) groups is 1. The van der Waals surface area contributed by atoms with Crippen molar-refractivity contribution in [1.29, 1.82) is 0 Å². The van der Waals surface area contributed by atoms with Gasteiger partial charge in [0, 0.05) is 31.9 Å². The lowest BCUT2D eigenvalue weighted by atomic mass is 10.1. The Morgan fingerprint density at radius 1 is 1.17 bits per heavy atom. The van der Waals surface area contributed by atoms with E-state index in [1.807, 2.05) is 6.92 Å². The van der Waals surface area contributed by atoms with Gasteiger partial charge in [-0.15, -0.1) is 35.3 Å². The molecule has 0 aliphatic rings. The highest BCUT2D eigenvalue weighted by Crippen LogP contribution is 2.07. The van der Waals surface area contributed by atoms with E-state index in [9.17, 15) is 4.39 Å². The molecule has 0 saturated carbocycles. The molecule has 1 aromatic heterocycles. The molecule has 0 spiro atoms. The van der Waals surface area contributed by atoms with Crippen LogP contribution in [0.4, 0.5) is 4.39 Å². The molecule has 0 aliphatic carbocycles. The average Bonchev–Trinajstić information content (AvgIpc) is 2.93.